The number of hydrogen-bond donors (Lipinski definition) is 1. The molecule has 20 heavy (non-hydrogen) atoms. The van der Waals surface area contributed by atoms with Gasteiger partial charge in [0.1, 0.15) is 0 Å². The Hall–Kier alpha value is -1.49. The maximum atomic E-state index is 5.00. The standard InChI is InChI=1S/C16H23N3O/c1-19(10-8-17-9-11-20-2)13-14-5-6-16-15(12-14)4-3-7-18-16/h3-7,12,17H,8-11,13H2,1-2H3. The summed E-state index contributed by atoms with van der Waals surface area (Å²) in [5.41, 5.74) is 2.38. The molecule has 0 bridgehead atoms. The van der Waals surface area contributed by atoms with Crippen molar-refractivity contribution in [3.8, 4) is 0 Å². The molecule has 0 spiro atoms. The first-order valence-corrected chi connectivity index (χ1v) is 7.01. The highest BCUT2D eigenvalue weighted by molar-refractivity contribution is 5.78. The van der Waals surface area contributed by atoms with Gasteiger partial charge in [0.25, 0.3) is 0 Å². The summed E-state index contributed by atoms with van der Waals surface area (Å²) in [6, 6.07) is 10.6. The number of nitrogens with one attached hydrogen (secondary N) is 1. The smallest absolute Gasteiger partial charge is 0.0702 e. The number of likely N-dealkylation sites (N-methyl/N-ethyl adjacent to an activating group) is 1. The molecule has 0 atom stereocenters. The second-order valence-electron chi connectivity index (χ2n) is 5.01. The number of pyridine rings is 1. The van der Waals surface area contributed by atoms with Gasteiger partial charge in [-0.2, -0.15) is 0 Å². The SMILES string of the molecule is COCCNCCN(C)Cc1ccc2ncccc2c1. The normalized spacial score (nSPS) is 11.3. The highest BCUT2D eigenvalue weighted by Gasteiger charge is 2.01. The van der Waals surface area contributed by atoms with Gasteiger partial charge in [0, 0.05) is 44.9 Å². The van der Waals surface area contributed by atoms with E-state index in [-0.39, 0.29) is 0 Å². The molecule has 1 aromatic heterocycles. The van der Waals surface area contributed by atoms with Crippen LogP contribution in [0.3, 0.4) is 0 Å². The Morgan fingerprint density at radius 3 is 3.00 bits per heavy atom. The van der Waals surface area contributed by atoms with Crippen LogP contribution in [0.5, 0.6) is 0 Å². The minimum atomic E-state index is 0.765. The summed E-state index contributed by atoms with van der Waals surface area (Å²) in [5.74, 6) is 0. The summed E-state index contributed by atoms with van der Waals surface area (Å²) < 4.78 is 5.00. The molecule has 4 nitrogen and oxygen atoms in total. The van der Waals surface area contributed by atoms with E-state index >= 15 is 0 Å². The minimum Gasteiger partial charge on any atom is -0.383 e. The maximum Gasteiger partial charge on any atom is 0.0702 e. The van der Waals surface area contributed by atoms with Crippen molar-refractivity contribution in [2.24, 2.45) is 0 Å². The van der Waals surface area contributed by atoms with E-state index in [1.807, 2.05) is 12.3 Å². The third kappa shape index (κ3) is 4.56. The topological polar surface area (TPSA) is 37.4 Å². The van der Waals surface area contributed by atoms with Gasteiger partial charge in [0.15, 0.2) is 0 Å². The molecule has 0 fully saturated rings. The molecule has 0 aliphatic heterocycles. The predicted molar refractivity (Wildman–Crippen MR) is 82.8 cm³/mol. The second-order valence-corrected chi connectivity index (χ2v) is 5.01. The molecule has 0 aliphatic rings. The number of hydrogen-bond acceptors (Lipinski definition) is 4. The molecule has 108 valence electrons. The van der Waals surface area contributed by atoms with Crippen LogP contribution in [0.4, 0.5) is 0 Å². The van der Waals surface area contributed by atoms with Gasteiger partial charge in [0.2, 0.25) is 0 Å². The molecule has 0 aliphatic carbocycles. The summed E-state index contributed by atoms with van der Waals surface area (Å²) in [5, 5.41) is 4.56. The Labute approximate surface area is 120 Å². The fraction of sp³-hybridized carbons (Fsp3) is 0.438. The Morgan fingerprint density at radius 2 is 2.15 bits per heavy atom. The Bertz CT molecular complexity index is 530. The van der Waals surface area contributed by atoms with Crippen LogP contribution >= 0.6 is 0 Å². The third-order valence-electron chi connectivity index (χ3n) is 3.27. The molecule has 1 N–H and O–H groups in total. The quantitative estimate of drug-likeness (QED) is 0.746. The average Bonchev–Trinajstić information content (AvgIpc) is 2.47. The fourth-order valence-electron chi connectivity index (χ4n) is 2.18. The van der Waals surface area contributed by atoms with E-state index in [0.29, 0.717) is 0 Å². The number of benzene rings is 1. The zero-order chi connectivity index (χ0) is 14.2. The van der Waals surface area contributed by atoms with Gasteiger partial charge in [-0.05, 0) is 30.8 Å². The van der Waals surface area contributed by atoms with E-state index in [1.165, 1.54) is 10.9 Å². The number of rotatable bonds is 8. The van der Waals surface area contributed by atoms with Crippen LogP contribution in [0.2, 0.25) is 0 Å². The average molecular weight is 273 g/mol. The summed E-state index contributed by atoms with van der Waals surface area (Å²) in [7, 11) is 3.87. The molecule has 0 saturated carbocycles. The van der Waals surface area contributed by atoms with Crippen molar-refractivity contribution < 1.29 is 4.74 Å². The number of aromatic nitrogens is 1. The van der Waals surface area contributed by atoms with E-state index in [1.54, 1.807) is 7.11 Å². The minimum absolute atomic E-state index is 0.765. The van der Waals surface area contributed by atoms with Crippen molar-refractivity contribution in [1.82, 2.24) is 15.2 Å². The fourth-order valence-corrected chi connectivity index (χ4v) is 2.18. The molecule has 1 aromatic carbocycles. The first-order valence-electron chi connectivity index (χ1n) is 7.01. The Kier molecular flexibility index (Phi) is 5.92. The number of fused-ring (bicyclic) bond motifs is 1. The molecule has 0 amide bonds. The van der Waals surface area contributed by atoms with Crippen molar-refractivity contribution in [3.63, 3.8) is 0 Å². The number of nitrogens with zero attached hydrogens (tertiary/aromatic N) is 2. The number of methoxy groups -OCH3 is 1. The maximum absolute atomic E-state index is 5.00. The van der Waals surface area contributed by atoms with Crippen molar-refractivity contribution >= 4 is 10.9 Å². The van der Waals surface area contributed by atoms with E-state index in [9.17, 15) is 0 Å². The van der Waals surface area contributed by atoms with Crippen LogP contribution in [-0.2, 0) is 11.3 Å². The summed E-state index contributed by atoms with van der Waals surface area (Å²) in [6.07, 6.45) is 1.83. The van der Waals surface area contributed by atoms with Crippen molar-refractivity contribution in [3.05, 3.63) is 42.1 Å². The van der Waals surface area contributed by atoms with Gasteiger partial charge in [-0.3, -0.25) is 4.98 Å². The van der Waals surface area contributed by atoms with Gasteiger partial charge in [-0.15, -0.1) is 0 Å². The number of ether oxygens (including phenoxy) is 1. The first-order chi connectivity index (χ1) is 9.79. The van der Waals surface area contributed by atoms with Crippen LogP contribution in [0.25, 0.3) is 10.9 Å². The lowest BCUT2D eigenvalue weighted by molar-refractivity contribution is 0.197. The predicted octanol–water partition coefficient (Wildman–Crippen LogP) is 1.90. The molecule has 2 rings (SSSR count). The highest BCUT2D eigenvalue weighted by atomic mass is 16.5. The van der Waals surface area contributed by atoms with Crippen LogP contribution in [0.15, 0.2) is 36.5 Å². The molecule has 0 radical (unpaired) electrons. The van der Waals surface area contributed by atoms with Crippen LogP contribution in [-0.4, -0.2) is 50.3 Å². The van der Waals surface area contributed by atoms with Crippen LogP contribution in [0, 0.1) is 0 Å². The van der Waals surface area contributed by atoms with Gasteiger partial charge in [0.05, 0.1) is 12.1 Å². The summed E-state index contributed by atoms with van der Waals surface area (Å²) in [4.78, 5) is 6.66. The summed E-state index contributed by atoms with van der Waals surface area (Å²) >= 11 is 0. The Balaban J connectivity index is 1.81. The van der Waals surface area contributed by atoms with Crippen LogP contribution < -0.4 is 5.32 Å². The lowest BCUT2D eigenvalue weighted by atomic mass is 10.1. The van der Waals surface area contributed by atoms with Crippen molar-refractivity contribution in [2.45, 2.75) is 6.54 Å². The van der Waals surface area contributed by atoms with E-state index in [4.69, 9.17) is 4.74 Å². The molecule has 0 unspecified atom stereocenters. The molecule has 2 aromatic rings. The molecular weight excluding hydrogens is 250 g/mol. The highest BCUT2D eigenvalue weighted by Crippen LogP contribution is 2.14. The van der Waals surface area contributed by atoms with Crippen molar-refractivity contribution in [1.29, 1.82) is 0 Å². The third-order valence-corrected chi connectivity index (χ3v) is 3.27. The lowest BCUT2D eigenvalue weighted by Gasteiger charge is -2.17. The molecular formula is C16H23N3O. The monoisotopic (exact) mass is 273 g/mol. The van der Waals surface area contributed by atoms with E-state index < -0.39 is 0 Å². The van der Waals surface area contributed by atoms with Gasteiger partial charge < -0.3 is 15.0 Å². The lowest BCUT2D eigenvalue weighted by Crippen LogP contribution is -2.30. The largest absolute Gasteiger partial charge is 0.383 e. The molecule has 1 heterocycles. The summed E-state index contributed by atoms with van der Waals surface area (Å²) in [6.45, 7) is 4.63. The first kappa shape index (κ1) is 14.9. The van der Waals surface area contributed by atoms with Crippen LogP contribution in [0.1, 0.15) is 5.56 Å². The zero-order valence-corrected chi connectivity index (χ0v) is 12.3. The van der Waals surface area contributed by atoms with Crippen molar-refractivity contribution in [2.75, 3.05) is 40.4 Å². The second kappa shape index (κ2) is 7.94. The molecule has 0 saturated heterocycles. The van der Waals surface area contributed by atoms with Gasteiger partial charge in [-0.25, -0.2) is 0 Å². The van der Waals surface area contributed by atoms with E-state index in [0.717, 1.165) is 38.3 Å². The molecule has 4 heteroatoms. The Morgan fingerprint density at radius 1 is 1.25 bits per heavy atom. The van der Waals surface area contributed by atoms with Gasteiger partial charge in [-0.1, -0.05) is 12.1 Å². The van der Waals surface area contributed by atoms with Gasteiger partial charge >= 0.3 is 0 Å². The zero-order valence-electron chi connectivity index (χ0n) is 12.3. The van der Waals surface area contributed by atoms with E-state index in [2.05, 4.69) is 46.5 Å².